The first kappa shape index (κ1) is 9.04. The molecule has 0 saturated heterocycles. The molecule has 2 nitrogen and oxygen atoms in total. The van der Waals surface area contributed by atoms with E-state index < -0.39 is 0 Å². The highest BCUT2D eigenvalue weighted by molar-refractivity contribution is 5.16. The van der Waals surface area contributed by atoms with Crippen molar-refractivity contribution in [3.8, 4) is 0 Å². The second kappa shape index (κ2) is 2.77. The fourth-order valence-corrected chi connectivity index (χ4v) is 0.971. The van der Waals surface area contributed by atoms with E-state index in [1.54, 1.807) is 0 Å². The molecule has 1 rings (SSSR count). The minimum absolute atomic E-state index is 0.0921. The van der Waals surface area contributed by atoms with Crippen molar-refractivity contribution in [2.75, 3.05) is 0 Å². The van der Waals surface area contributed by atoms with Gasteiger partial charge >= 0.3 is 5.63 Å². The molecule has 0 atom stereocenters. The summed E-state index contributed by atoms with van der Waals surface area (Å²) >= 11 is 0. The monoisotopic (exact) mass is 166 g/mol. The Kier molecular flexibility index (Phi) is 2.09. The number of rotatable bonds is 0. The summed E-state index contributed by atoms with van der Waals surface area (Å²) in [5.41, 5.74) is 0.599. The van der Waals surface area contributed by atoms with Crippen LogP contribution in [0.3, 0.4) is 0 Å². The van der Waals surface area contributed by atoms with Crippen molar-refractivity contribution in [3.63, 3.8) is 0 Å². The van der Waals surface area contributed by atoms with Gasteiger partial charge in [-0.05, 0) is 18.6 Å². The molecule has 0 fully saturated rings. The Hall–Kier alpha value is -1.05. The van der Waals surface area contributed by atoms with E-state index in [9.17, 15) is 4.79 Å². The van der Waals surface area contributed by atoms with Crippen molar-refractivity contribution in [3.05, 3.63) is 33.9 Å². The maximum atomic E-state index is 11.0. The normalized spacial score (nSPS) is 11.7. The fourth-order valence-electron chi connectivity index (χ4n) is 0.971. The zero-order valence-corrected chi connectivity index (χ0v) is 7.97. The van der Waals surface area contributed by atoms with E-state index in [1.165, 1.54) is 6.07 Å². The number of hydrogen-bond donors (Lipinski definition) is 0. The van der Waals surface area contributed by atoms with E-state index in [4.69, 9.17) is 4.42 Å². The zero-order valence-electron chi connectivity index (χ0n) is 7.97. The van der Waals surface area contributed by atoms with Gasteiger partial charge in [-0.15, -0.1) is 0 Å². The van der Waals surface area contributed by atoms with E-state index in [0.29, 0.717) is 0 Å². The third-order valence-corrected chi connectivity index (χ3v) is 1.65. The first-order valence-corrected chi connectivity index (χ1v) is 4.02. The molecule has 0 radical (unpaired) electrons. The quantitative estimate of drug-likeness (QED) is 0.591. The van der Waals surface area contributed by atoms with E-state index >= 15 is 0 Å². The summed E-state index contributed by atoms with van der Waals surface area (Å²) in [7, 11) is 0. The molecule has 0 aliphatic carbocycles. The largest absolute Gasteiger partial charge is 0.427 e. The Labute approximate surface area is 72.2 Å². The van der Waals surface area contributed by atoms with Crippen molar-refractivity contribution in [2.24, 2.45) is 0 Å². The van der Waals surface area contributed by atoms with Gasteiger partial charge in [0.15, 0.2) is 0 Å². The van der Waals surface area contributed by atoms with Gasteiger partial charge in [0.25, 0.3) is 0 Å². The van der Waals surface area contributed by atoms with E-state index in [0.717, 1.165) is 11.3 Å². The molecule has 1 aromatic heterocycles. The van der Waals surface area contributed by atoms with Gasteiger partial charge in [0.05, 0.1) is 0 Å². The number of hydrogen-bond acceptors (Lipinski definition) is 2. The van der Waals surface area contributed by atoms with Crippen LogP contribution >= 0.6 is 0 Å². The van der Waals surface area contributed by atoms with Crippen LogP contribution in [-0.2, 0) is 5.41 Å². The van der Waals surface area contributed by atoms with Crippen LogP contribution in [0.2, 0.25) is 0 Å². The molecule has 0 spiro atoms. The van der Waals surface area contributed by atoms with E-state index in [2.05, 4.69) is 0 Å². The molecule has 1 heterocycles. The molecule has 0 saturated carbocycles. The van der Waals surface area contributed by atoms with Crippen molar-refractivity contribution in [1.82, 2.24) is 0 Å². The van der Waals surface area contributed by atoms with Gasteiger partial charge in [0, 0.05) is 11.5 Å². The summed E-state index contributed by atoms with van der Waals surface area (Å²) in [6.07, 6.45) is 0. The minimum atomic E-state index is -0.264. The van der Waals surface area contributed by atoms with Crippen LogP contribution in [0.15, 0.2) is 21.3 Å². The van der Waals surface area contributed by atoms with Gasteiger partial charge in [-0.1, -0.05) is 20.8 Å². The van der Waals surface area contributed by atoms with Crippen LogP contribution in [0.1, 0.15) is 32.1 Å². The summed E-state index contributed by atoms with van der Waals surface area (Å²) in [4.78, 5) is 11.0. The molecular weight excluding hydrogens is 152 g/mol. The maximum absolute atomic E-state index is 11.0. The summed E-state index contributed by atoms with van der Waals surface area (Å²) in [5.74, 6) is 0.743. The topological polar surface area (TPSA) is 30.2 Å². The van der Waals surface area contributed by atoms with Crippen LogP contribution < -0.4 is 5.63 Å². The number of aryl methyl sites for hydroxylation is 1. The molecule has 0 aliphatic heterocycles. The van der Waals surface area contributed by atoms with Gasteiger partial charge in [-0.25, -0.2) is 4.79 Å². The SMILES string of the molecule is Cc1cc(C(C)(C)C)oc(=O)c1. The average molecular weight is 166 g/mol. The van der Waals surface area contributed by atoms with Crippen molar-refractivity contribution >= 4 is 0 Å². The molecule has 66 valence electrons. The van der Waals surface area contributed by atoms with Gasteiger partial charge in [-0.2, -0.15) is 0 Å². The third kappa shape index (κ3) is 1.97. The fraction of sp³-hybridized carbons (Fsp3) is 0.500. The minimum Gasteiger partial charge on any atom is -0.427 e. The highest BCUT2D eigenvalue weighted by atomic mass is 16.4. The van der Waals surface area contributed by atoms with Gasteiger partial charge in [0.1, 0.15) is 5.76 Å². The summed E-state index contributed by atoms with van der Waals surface area (Å²) in [6, 6.07) is 3.40. The van der Waals surface area contributed by atoms with Crippen molar-refractivity contribution in [1.29, 1.82) is 0 Å². The smallest absolute Gasteiger partial charge is 0.336 e. The molecule has 12 heavy (non-hydrogen) atoms. The van der Waals surface area contributed by atoms with Crippen molar-refractivity contribution < 1.29 is 4.42 Å². The molecule has 0 N–H and O–H groups in total. The van der Waals surface area contributed by atoms with E-state index in [1.807, 2.05) is 33.8 Å². The Morgan fingerprint density at radius 3 is 2.25 bits per heavy atom. The Balaban J connectivity index is 3.27. The molecule has 0 aromatic carbocycles. The summed E-state index contributed by atoms with van der Waals surface area (Å²) in [5, 5.41) is 0. The van der Waals surface area contributed by atoms with Crippen LogP contribution in [0, 0.1) is 6.92 Å². The lowest BCUT2D eigenvalue weighted by Gasteiger charge is -2.16. The highest BCUT2D eigenvalue weighted by Crippen LogP contribution is 2.20. The average Bonchev–Trinajstić information content (AvgIpc) is 1.82. The molecule has 0 bridgehead atoms. The first-order valence-electron chi connectivity index (χ1n) is 4.02. The van der Waals surface area contributed by atoms with Gasteiger partial charge < -0.3 is 4.42 Å². The lowest BCUT2D eigenvalue weighted by atomic mass is 9.92. The van der Waals surface area contributed by atoms with Crippen LogP contribution in [0.4, 0.5) is 0 Å². The summed E-state index contributed by atoms with van der Waals surface area (Å²) < 4.78 is 5.07. The zero-order chi connectivity index (χ0) is 9.35. The predicted octanol–water partition coefficient (Wildman–Crippen LogP) is 2.25. The van der Waals surface area contributed by atoms with Gasteiger partial charge in [-0.3, -0.25) is 0 Å². The van der Waals surface area contributed by atoms with Crippen LogP contribution in [0.5, 0.6) is 0 Å². The van der Waals surface area contributed by atoms with E-state index in [-0.39, 0.29) is 11.0 Å². The Morgan fingerprint density at radius 2 is 1.83 bits per heavy atom. The molecule has 0 amide bonds. The maximum Gasteiger partial charge on any atom is 0.336 e. The molecular formula is C10H14O2. The summed E-state index contributed by atoms with van der Waals surface area (Å²) in [6.45, 7) is 7.95. The predicted molar refractivity (Wildman–Crippen MR) is 48.4 cm³/mol. The third-order valence-electron chi connectivity index (χ3n) is 1.65. The first-order chi connectivity index (χ1) is 5.39. The second-order valence-electron chi connectivity index (χ2n) is 4.07. The lowest BCUT2D eigenvalue weighted by molar-refractivity contribution is 0.376. The Morgan fingerprint density at radius 1 is 1.25 bits per heavy atom. The highest BCUT2D eigenvalue weighted by Gasteiger charge is 2.16. The molecule has 2 heteroatoms. The van der Waals surface area contributed by atoms with Crippen LogP contribution in [-0.4, -0.2) is 0 Å². The van der Waals surface area contributed by atoms with Crippen LogP contribution in [0.25, 0.3) is 0 Å². The van der Waals surface area contributed by atoms with Crippen molar-refractivity contribution in [2.45, 2.75) is 33.1 Å². The molecule has 0 unspecified atom stereocenters. The van der Waals surface area contributed by atoms with Gasteiger partial charge in [0.2, 0.25) is 0 Å². The standard InChI is InChI=1S/C10H14O2/c1-7-5-8(10(2,3)4)12-9(11)6-7/h5-6H,1-4H3. The lowest BCUT2D eigenvalue weighted by Crippen LogP contribution is -2.14. The second-order valence-corrected chi connectivity index (χ2v) is 4.07. The molecule has 1 aromatic rings. The molecule has 0 aliphatic rings. The Bertz CT molecular complexity index is 328.